The highest BCUT2D eigenvalue weighted by Gasteiger charge is 2.49. The topological polar surface area (TPSA) is 347 Å². The zero-order chi connectivity index (χ0) is 50.6. The molecular weight excluding hydrogens is 1000 g/mol. The van der Waals surface area contributed by atoms with Gasteiger partial charge in [0.25, 0.3) is 18.7 Å². The molecule has 4 fully saturated rings. The number of aliphatic hydroxyl groups is 1. The molecule has 0 saturated carbocycles. The van der Waals surface area contributed by atoms with Gasteiger partial charge in [0.05, 0.1) is 57.9 Å². The van der Waals surface area contributed by atoms with E-state index < -0.39 is 118 Å². The van der Waals surface area contributed by atoms with Gasteiger partial charge in [-0.15, -0.1) is 0 Å². The molecule has 0 amide bonds. The highest BCUT2D eigenvalue weighted by molar-refractivity contribution is 7.70. The molecule has 68 heavy (non-hydrogen) atoms. The minimum absolute atomic E-state index is 0.114. The Morgan fingerprint density at radius 3 is 1.69 bits per heavy atom. The van der Waals surface area contributed by atoms with Crippen LogP contribution in [-0.2, 0) is 70.9 Å². The number of rotatable bonds is 21. The van der Waals surface area contributed by atoms with E-state index in [0.717, 1.165) is 0 Å². The van der Waals surface area contributed by atoms with Gasteiger partial charge in [-0.25, -0.2) is 18.0 Å². The number of hydrogen-bond acceptors (Lipinski definition) is 21. The van der Waals surface area contributed by atoms with Crippen LogP contribution in [-0.4, -0.2) is 174 Å². The van der Waals surface area contributed by atoms with Crippen LogP contribution in [0.2, 0.25) is 0 Å². The zero-order valence-electron chi connectivity index (χ0n) is 39.2. The molecule has 6 heterocycles. The molecule has 4 aliphatic rings. The largest absolute Gasteiger partial charge is 0.487 e. The Hall–Kier alpha value is -1.02. The summed E-state index contributed by atoms with van der Waals surface area (Å²) in [5.74, 6) is -1.57. The second-order valence-electron chi connectivity index (χ2n) is 18.1. The van der Waals surface area contributed by atoms with Crippen molar-refractivity contribution in [1.29, 1.82) is 0 Å². The molecule has 0 aromatic carbocycles. The number of imidazole rings is 1. The van der Waals surface area contributed by atoms with Gasteiger partial charge in [-0.3, -0.25) is 14.3 Å². The first kappa shape index (κ1) is 56.3. The van der Waals surface area contributed by atoms with Gasteiger partial charge < -0.3 is 76.9 Å². The van der Waals surface area contributed by atoms with Crippen LogP contribution >= 0.6 is 38.3 Å². The van der Waals surface area contributed by atoms with Crippen molar-refractivity contribution < 1.29 is 98.0 Å². The Morgan fingerprint density at radius 2 is 1.18 bits per heavy atom. The van der Waals surface area contributed by atoms with Gasteiger partial charge in [-0.2, -0.15) is 13.9 Å². The monoisotopic (exact) mass is 1070 g/mol. The molecule has 34 heteroatoms. The predicted octanol–water partition coefficient (Wildman–Crippen LogP) is -1.72. The second-order valence-corrected chi connectivity index (χ2v) is 26.5. The lowest BCUT2D eigenvalue weighted by Crippen LogP contribution is -2.34. The average Bonchev–Trinajstić information content (AvgIpc) is 3.93. The molecule has 384 valence electrons. The maximum Gasteiger partial charge on any atom is 0.487 e. The summed E-state index contributed by atoms with van der Waals surface area (Å²) in [5, 5.41) is 10.5. The maximum absolute atomic E-state index is 13.0. The molecule has 21 atom stereocenters. The number of anilines is 1. The maximum atomic E-state index is 13.0. The first-order valence-electron chi connectivity index (χ1n) is 21.8. The molecule has 2 aromatic heterocycles. The van der Waals surface area contributed by atoms with Crippen molar-refractivity contribution in [3.63, 3.8) is 0 Å². The number of nitrogen functional groups attached to an aromatic ring is 1. The van der Waals surface area contributed by atoms with Crippen LogP contribution in [0.5, 0.6) is 0 Å². The molecule has 0 spiro atoms. The number of nitrogens with zero attached hydrogens (tertiary/aromatic N) is 3. The minimum atomic E-state index is -5.64. The fourth-order valence-corrected chi connectivity index (χ4v) is 14.6. The summed E-state index contributed by atoms with van der Waals surface area (Å²) in [6.45, 7) is 7.39. The van der Waals surface area contributed by atoms with Crippen LogP contribution in [0.25, 0.3) is 11.2 Å². The van der Waals surface area contributed by atoms with E-state index >= 15 is 0 Å². The fourth-order valence-electron chi connectivity index (χ4n) is 8.52. The highest BCUT2D eigenvalue weighted by Crippen LogP contribution is 2.68. The second kappa shape index (κ2) is 21.4. The standard InChI is InChI=1S/C34H63B3N5O21P5/c1-15-16(2)33(42-14-41(6)24-31(42)39-34(38)40-32(24)44)59-20(15)10-55-67(48,49)63-68(50,51)62-66(9,47)54-13-23-27(19(5)30(37)58-23)61-65(8,46)53-12-22-26(18(4)29(36)57-22)60-64(7,45)52-11-21-25(43)17(3)28(35)56-21/h14-23,25-30,33,43H,7-13,35-37H2,1-6H3,(H7-,38,39,40,44,45,46,47,48,49,50,51)/p+1. The van der Waals surface area contributed by atoms with E-state index in [1.807, 2.05) is 28.6 Å². The van der Waals surface area contributed by atoms with Crippen LogP contribution in [0.1, 0.15) is 40.8 Å². The average molecular weight is 1070 g/mol. The Balaban J connectivity index is 0.995. The summed E-state index contributed by atoms with van der Waals surface area (Å²) in [4.78, 5) is 73.4. The predicted molar refractivity (Wildman–Crippen MR) is 257 cm³/mol. The van der Waals surface area contributed by atoms with E-state index in [1.54, 1.807) is 52.0 Å². The number of aromatic nitrogens is 4. The van der Waals surface area contributed by atoms with E-state index in [0.29, 0.717) is 0 Å². The number of hydrogen-bond donors (Lipinski definition) is 8. The van der Waals surface area contributed by atoms with Crippen LogP contribution in [0.3, 0.4) is 0 Å². The van der Waals surface area contributed by atoms with Gasteiger partial charge >= 0.3 is 21.2 Å². The summed E-state index contributed by atoms with van der Waals surface area (Å²) in [6, 6.07) is -1.09. The third kappa shape index (κ3) is 13.4. The lowest BCUT2D eigenvalue weighted by atomic mass is 9.86. The summed E-state index contributed by atoms with van der Waals surface area (Å²) < 4.78 is 95.9. The molecule has 2 aromatic rings. The number of aromatic amines is 1. The van der Waals surface area contributed by atoms with Crippen LogP contribution in [0, 0.1) is 29.6 Å². The van der Waals surface area contributed by atoms with Crippen molar-refractivity contribution in [2.24, 2.45) is 36.6 Å². The lowest BCUT2D eigenvalue weighted by molar-refractivity contribution is -0.646. The first-order chi connectivity index (χ1) is 31.3. The Labute approximate surface area is 396 Å². The Morgan fingerprint density at radius 1 is 0.706 bits per heavy atom. The highest BCUT2D eigenvalue weighted by atomic mass is 31.3. The Bertz CT molecular complexity index is 2440. The van der Waals surface area contributed by atoms with E-state index in [2.05, 4.69) is 33.2 Å². The molecular formula is C34H64B3N5O21P5+. The normalized spacial score (nSPS) is 38.8. The van der Waals surface area contributed by atoms with Crippen LogP contribution in [0.15, 0.2) is 11.1 Å². The number of nitrogens with two attached hydrogens (primary N) is 1. The van der Waals surface area contributed by atoms with Gasteiger partial charge in [0, 0.05) is 41.7 Å². The fraction of sp³-hybridized carbons (Fsp3) is 0.765. The number of ether oxygens (including phenoxy) is 4. The van der Waals surface area contributed by atoms with Gasteiger partial charge in [0.1, 0.15) is 41.9 Å². The number of H-pyrrole nitrogens is 1. The van der Waals surface area contributed by atoms with E-state index in [4.69, 9.17) is 56.1 Å². The number of aryl methyl sites for hydroxylation is 1. The quantitative estimate of drug-likeness (QED) is 0.0391. The lowest BCUT2D eigenvalue weighted by Gasteiger charge is -2.31. The first-order valence-corrected chi connectivity index (χ1v) is 30.0. The molecule has 0 radical (unpaired) electrons. The number of fused-ring (bicyclic) bond motifs is 1. The number of phosphoric acid groups is 2. The molecule has 4 saturated heterocycles. The molecule has 26 nitrogen and oxygen atoms in total. The van der Waals surface area contributed by atoms with Crippen LogP contribution in [0.4, 0.5) is 5.95 Å². The summed E-state index contributed by atoms with van der Waals surface area (Å²) in [5.41, 5.74) is 5.77. The minimum Gasteiger partial charge on any atom is -0.390 e. The molecule has 21 unspecified atom stereocenters. The molecule has 4 aliphatic heterocycles. The molecule has 9 N–H and O–H groups in total. The Kier molecular flexibility index (Phi) is 17.8. The van der Waals surface area contributed by atoms with Crippen LogP contribution < -0.4 is 15.9 Å². The van der Waals surface area contributed by atoms with Crippen molar-refractivity contribution >= 4 is 97.9 Å². The molecule has 0 bridgehead atoms. The number of nitrogens with one attached hydrogen (secondary N) is 1. The zero-order valence-corrected chi connectivity index (χ0v) is 43.7. The van der Waals surface area contributed by atoms with Gasteiger partial charge in [-0.1, -0.05) is 34.6 Å². The molecule has 6 rings (SSSR count). The van der Waals surface area contributed by atoms with Crippen molar-refractivity contribution in [3.8, 4) is 0 Å². The third-order valence-electron chi connectivity index (χ3n) is 13.1. The SMILES string of the molecule is BC1OC(COP(=C)(O)OC2C(COP(=C)(O)OC3C(COP(=C)(O)OP(=O)(O)OP(=O)(O)OCC4OC(n5c[n+](C)c6c(=O)[nH]c(N)nc65)C(C)C4C)OC(B)C3C)OC(B)C2C)C(O)C1C. The van der Waals surface area contributed by atoms with Crippen molar-refractivity contribution in [2.75, 3.05) is 32.2 Å². The van der Waals surface area contributed by atoms with E-state index in [-0.39, 0.29) is 66.0 Å². The van der Waals surface area contributed by atoms with Gasteiger partial charge in [-0.05, 0) is 24.8 Å². The van der Waals surface area contributed by atoms with Crippen molar-refractivity contribution in [1.82, 2.24) is 14.5 Å². The number of aliphatic hydroxyl groups excluding tert-OH is 1. The smallest absolute Gasteiger partial charge is 0.390 e. The van der Waals surface area contributed by atoms with Gasteiger partial charge in [0.15, 0.2) is 0 Å². The summed E-state index contributed by atoms with van der Waals surface area (Å²) in [7, 11) is -16.3. The number of phosphoric ester groups is 1. The van der Waals surface area contributed by atoms with Crippen molar-refractivity contribution in [2.45, 2.75) is 102 Å². The molecule has 0 aliphatic carbocycles. The third-order valence-corrected chi connectivity index (χ3v) is 19.8. The summed E-state index contributed by atoms with van der Waals surface area (Å²) >= 11 is 0. The van der Waals surface area contributed by atoms with Gasteiger partial charge in [0.2, 0.25) is 33.6 Å². The van der Waals surface area contributed by atoms with E-state index in [1.165, 1.54) is 0 Å². The van der Waals surface area contributed by atoms with E-state index in [9.17, 15) is 43.5 Å². The summed E-state index contributed by atoms with van der Waals surface area (Å²) in [6.07, 6.45) is 5.60. The van der Waals surface area contributed by atoms with Crippen molar-refractivity contribution in [3.05, 3.63) is 16.7 Å².